The molecule has 7 unspecified atom stereocenters. The minimum Gasteiger partial charge on any atom is -0.378 e. The second kappa shape index (κ2) is 4.99. The molecule has 0 amide bonds. The average molecular weight is 282 g/mol. The molecule has 3 fully saturated rings. The van der Waals surface area contributed by atoms with Crippen LogP contribution < -0.4 is 0 Å². The maximum atomic E-state index is 6.08. The molecular weight excluding hydrogens is 251 g/mol. The lowest BCUT2D eigenvalue weighted by molar-refractivity contribution is -0.0809. The van der Waals surface area contributed by atoms with Crippen LogP contribution in [0.2, 0.25) is 0 Å². The number of hydrogen-bond acceptors (Lipinski definition) is 1. The van der Waals surface area contributed by atoms with Gasteiger partial charge in [0.05, 0.1) is 5.60 Å². The molecule has 19 heavy (non-hydrogen) atoms. The van der Waals surface area contributed by atoms with E-state index in [2.05, 4.69) is 23.1 Å². The van der Waals surface area contributed by atoms with Crippen molar-refractivity contribution in [3.8, 4) is 0 Å². The van der Waals surface area contributed by atoms with Crippen molar-refractivity contribution in [1.29, 1.82) is 0 Å². The van der Waals surface area contributed by atoms with Crippen LogP contribution in [0.1, 0.15) is 65.2 Å². The van der Waals surface area contributed by atoms with Gasteiger partial charge in [0.15, 0.2) is 0 Å². The summed E-state index contributed by atoms with van der Waals surface area (Å²) in [6.07, 6.45) is 11.3. The Morgan fingerprint density at radius 3 is 2.32 bits per heavy atom. The third kappa shape index (κ3) is 2.30. The first kappa shape index (κ1) is 14.3. The molecule has 0 N–H and O–H groups in total. The molecular formula is C17H31OP. The Balaban J connectivity index is 1.97. The van der Waals surface area contributed by atoms with Crippen LogP contribution in [0, 0.1) is 23.2 Å². The van der Waals surface area contributed by atoms with Gasteiger partial charge in [-0.2, -0.15) is 0 Å². The van der Waals surface area contributed by atoms with E-state index in [1.54, 1.807) is 0 Å². The Bertz CT molecular complexity index is 344. The quantitative estimate of drug-likeness (QED) is 0.670. The molecule has 1 nitrogen and oxygen atoms in total. The summed E-state index contributed by atoms with van der Waals surface area (Å²) in [4.78, 5) is 0. The molecule has 0 aromatic carbocycles. The first-order chi connectivity index (χ1) is 9.01. The molecule has 0 aromatic heterocycles. The third-order valence-corrected chi connectivity index (χ3v) is 7.89. The van der Waals surface area contributed by atoms with Crippen molar-refractivity contribution in [1.82, 2.24) is 0 Å². The average Bonchev–Trinajstić information content (AvgIpc) is 3.08. The zero-order chi connectivity index (χ0) is 13.7. The van der Waals surface area contributed by atoms with Gasteiger partial charge in [0, 0.05) is 7.11 Å². The van der Waals surface area contributed by atoms with Gasteiger partial charge < -0.3 is 4.74 Å². The van der Waals surface area contributed by atoms with Gasteiger partial charge in [0.1, 0.15) is 0 Å². The van der Waals surface area contributed by atoms with Gasteiger partial charge in [-0.25, -0.2) is 0 Å². The van der Waals surface area contributed by atoms with Gasteiger partial charge in [0.25, 0.3) is 0 Å². The zero-order valence-electron chi connectivity index (χ0n) is 13.0. The van der Waals surface area contributed by atoms with E-state index >= 15 is 0 Å². The maximum Gasteiger partial charge on any atom is 0.0681 e. The first-order valence-electron chi connectivity index (χ1n) is 8.32. The molecule has 110 valence electrons. The summed E-state index contributed by atoms with van der Waals surface area (Å²) in [5.74, 6) is 2.67. The lowest BCUT2D eigenvalue weighted by Crippen LogP contribution is -2.44. The Labute approximate surface area is 121 Å². The summed E-state index contributed by atoms with van der Waals surface area (Å²) in [7, 11) is 5.07. The second-order valence-corrected chi connectivity index (χ2v) is 8.71. The molecule has 0 spiro atoms. The second-order valence-electron chi connectivity index (χ2n) is 7.90. The predicted molar refractivity (Wildman–Crippen MR) is 84.4 cm³/mol. The smallest absolute Gasteiger partial charge is 0.0681 e. The number of hydrogen-bond donors (Lipinski definition) is 0. The highest BCUT2D eigenvalue weighted by molar-refractivity contribution is 7.18. The van der Waals surface area contributed by atoms with Gasteiger partial charge >= 0.3 is 0 Å². The molecule has 7 atom stereocenters. The van der Waals surface area contributed by atoms with Crippen molar-refractivity contribution in [2.45, 2.75) is 76.5 Å². The van der Waals surface area contributed by atoms with Crippen molar-refractivity contribution in [3.63, 3.8) is 0 Å². The molecule has 3 rings (SSSR count). The molecule has 3 aliphatic carbocycles. The molecule has 0 saturated heterocycles. The third-order valence-electron chi connectivity index (χ3n) is 6.89. The van der Waals surface area contributed by atoms with E-state index < -0.39 is 0 Å². The summed E-state index contributed by atoms with van der Waals surface area (Å²) in [5.41, 5.74) is 1.59. The zero-order valence-corrected chi connectivity index (χ0v) is 14.1. The van der Waals surface area contributed by atoms with E-state index in [0.717, 1.165) is 23.4 Å². The highest BCUT2D eigenvalue weighted by Gasteiger charge is 2.60. The van der Waals surface area contributed by atoms with Gasteiger partial charge in [-0.05, 0) is 55.0 Å². The van der Waals surface area contributed by atoms with Gasteiger partial charge in [-0.15, -0.1) is 9.24 Å². The van der Waals surface area contributed by atoms with Crippen LogP contribution in [-0.2, 0) is 4.74 Å². The van der Waals surface area contributed by atoms with E-state index in [-0.39, 0.29) is 5.60 Å². The summed E-state index contributed by atoms with van der Waals surface area (Å²) in [6, 6.07) is 0. The van der Waals surface area contributed by atoms with E-state index in [1.165, 1.54) is 51.4 Å². The van der Waals surface area contributed by atoms with Crippen LogP contribution in [0.5, 0.6) is 0 Å². The topological polar surface area (TPSA) is 9.23 Å². The van der Waals surface area contributed by atoms with Crippen LogP contribution in [0.3, 0.4) is 0 Å². The molecule has 3 aliphatic rings. The van der Waals surface area contributed by atoms with Gasteiger partial charge in [-0.1, -0.05) is 39.0 Å². The lowest BCUT2D eigenvalue weighted by Gasteiger charge is -2.43. The van der Waals surface area contributed by atoms with Crippen LogP contribution in [0.15, 0.2) is 0 Å². The SMILES string of the molecule is COC1(C)CCCC2CCCCC1C2C1(C)CC1P. The molecule has 0 aromatic rings. The van der Waals surface area contributed by atoms with Crippen molar-refractivity contribution in [2.24, 2.45) is 23.2 Å². The highest BCUT2D eigenvalue weighted by atomic mass is 31.0. The van der Waals surface area contributed by atoms with E-state index in [1.807, 2.05) is 7.11 Å². The summed E-state index contributed by atoms with van der Waals surface area (Å²) < 4.78 is 6.08. The number of rotatable bonds is 2. The van der Waals surface area contributed by atoms with Gasteiger partial charge in [-0.3, -0.25) is 0 Å². The van der Waals surface area contributed by atoms with E-state index in [0.29, 0.717) is 5.41 Å². The summed E-state index contributed by atoms with van der Waals surface area (Å²) >= 11 is 0. The molecule has 0 aliphatic heterocycles. The Morgan fingerprint density at radius 2 is 1.68 bits per heavy atom. The highest BCUT2D eigenvalue weighted by Crippen LogP contribution is 2.65. The van der Waals surface area contributed by atoms with E-state index in [9.17, 15) is 0 Å². The maximum absolute atomic E-state index is 6.08. The van der Waals surface area contributed by atoms with E-state index in [4.69, 9.17) is 4.74 Å². The van der Waals surface area contributed by atoms with Crippen LogP contribution >= 0.6 is 9.24 Å². The first-order valence-corrected chi connectivity index (χ1v) is 8.99. The largest absolute Gasteiger partial charge is 0.378 e. The van der Waals surface area contributed by atoms with Crippen LogP contribution in [0.4, 0.5) is 0 Å². The molecule has 0 heterocycles. The van der Waals surface area contributed by atoms with Crippen molar-refractivity contribution in [3.05, 3.63) is 0 Å². The standard InChI is InChI=1S/C17H31OP/c1-16(11-14(16)19)15-12-7-4-5-9-13(15)17(2,18-3)10-6-8-12/h12-15H,4-11,19H2,1-3H3. The fourth-order valence-electron chi connectivity index (χ4n) is 5.42. The predicted octanol–water partition coefficient (Wildman–Crippen LogP) is 4.65. The Kier molecular flexibility index (Phi) is 3.76. The number of fused-ring (bicyclic) bond motifs is 2. The molecule has 2 heteroatoms. The van der Waals surface area contributed by atoms with Crippen LogP contribution in [0.25, 0.3) is 0 Å². The minimum atomic E-state index is 0.139. The van der Waals surface area contributed by atoms with Crippen LogP contribution in [-0.4, -0.2) is 18.4 Å². The molecule has 0 radical (unpaired) electrons. The summed E-state index contributed by atoms with van der Waals surface area (Å²) in [6.45, 7) is 4.96. The molecule has 3 saturated carbocycles. The van der Waals surface area contributed by atoms with Gasteiger partial charge in [0.2, 0.25) is 0 Å². The Hall–Kier alpha value is 0.390. The Morgan fingerprint density at radius 1 is 1.05 bits per heavy atom. The number of methoxy groups -OCH3 is 1. The van der Waals surface area contributed by atoms with Crippen molar-refractivity contribution in [2.75, 3.05) is 7.11 Å². The van der Waals surface area contributed by atoms with Crippen molar-refractivity contribution >= 4 is 9.24 Å². The fraction of sp³-hybridized carbons (Fsp3) is 1.00. The monoisotopic (exact) mass is 282 g/mol. The minimum absolute atomic E-state index is 0.139. The molecule has 2 bridgehead atoms. The number of ether oxygens (including phenoxy) is 1. The fourth-order valence-corrected chi connectivity index (χ4v) is 6.15. The normalized spacial score (nSPS) is 54.3. The summed E-state index contributed by atoms with van der Waals surface area (Å²) in [5, 5.41) is 0. The van der Waals surface area contributed by atoms with Crippen molar-refractivity contribution < 1.29 is 4.74 Å². The lowest BCUT2D eigenvalue weighted by atomic mass is 9.66.